The number of amides is 1. The van der Waals surface area contributed by atoms with Gasteiger partial charge in [0.25, 0.3) is 16.0 Å². The van der Waals surface area contributed by atoms with Crippen molar-refractivity contribution in [3.8, 4) is 0 Å². The number of rotatable bonds is 4. The van der Waals surface area contributed by atoms with Crippen LogP contribution in [0.4, 0.5) is 11.4 Å². The van der Waals surface area contributed by atoms with E-state index in [1.807, 2.05) is 6.07 Å². The first-order valence-electron chi connectivity index (χ1n) is 7.40. The van der Waals surface area contributed by atoms with Crippen LogP contribution in [-0.2, 0) is 10.1 Å². The Labute approximate surface area is 145 Å². The van der Waals surface area contributed by atoms with Crippen molar-refractivity contribution < 1.29 is 17.8 Å². The molecular formula is C19H14NO4S. The Hall–Kier alpha value is -2.96. The summed E-state index contributed by atoms with van der Waals surface area (Å²) in [7, 11) is -4.29. The molecule has 1 radical (unpaired) electrons. The van der Waals surface area contributed by atoms with Gasteiger partial charge in [-0.2, -0.15) is 8.42 Å². The molecule has 0 saturated heterocycles. The number of benzene rings is 3. The Morgan fingerprint density at radius 1 is 0.840 bits per heavy atom. The van der Waals surface area contributed by atoms with E-state index < -0.39 is 10.1 Å². The molecular weight excluding hydrogens is 338 g/mol. The summed E-state index contributed by atoms with van der Waals surface area (Å²) in [6.45, 7) is 0. The van der Waals surface area contributed by atoms with Crippen molar-refractivity contribution in [3.63, 3.8) is 0 Å². The van der Waals surface area contributed by atoms with Gasteiger partial charge in [0, 0.05) is 16.9 Å². The van der Waals surface area contributed by atoms with Crippen LogP contribution in [0.25, 0.3) is 0 Å². The van der Waals surface area contributed by atoms with Crippen LogP contribution in [0.5, 0.6) is 0 Å². The van der Waals surface area contributed by atoms with Gasteiger partial charge in [-0.25, -0.2) is 0 Å². The average molecular weight is 352 g/mol. The second-order valence-corrected chi connectivity index (χ2v) is 6.66. The summed E-state index contributed by atoms with van der Waals surface area (Å²) in [5, 5.41) is 0. The van der Waals surface area contributed by atoms with Crippen LogP contribution in [0.3, 0.4) is 0 Å². The molecule has 6 heteroatoms. The van der Waals surface area contributed by atoms with Gasteiger partial charge in [0.15, 0.2) is 0 Å². The van der Waals surface area contributed by atoms with Gasteiger partial charge in [-0.1, -0.05) is 30.3 Å². The quantitative estimate of drug-likeness (QED) is 0.726. The molecule has 0 spiro atoms. The maximum atomic E-state index is 13.0. The van der Waals surface area contributed by atoms with E-state index >= 15 is 0 Å². The van der Waals surface area contributed by atoms with Gasteiger partial charge in [0.05, 0.1) is 4.90 Å². The maximum Gasteiger partial charge on any atom is 0.294 e. The second kappa shape index (κ2) is 6.88. The number of carbonyl (C=O) groups excluding carboxylic acids is 1. The molecule has 1 amide bonds. The Morgan fingerprint density at radius 2 is 1.40 bits per heavy atom. The third-order valence-electron chi connectivity index (χ3n) is 3.58. The molecule has 0 atom stereocenters. The minimum atomic E-state index is -4.29. The van der Waals surface area contributed by atoms with E-state index in [1.165, 1.54) is 29.2 Å². The molecule has 0 heterocycles. The first-order chi connectivity index (χ1) is 12.0. The van der Waals surface area contributed by atoms with Gasteiger partial charge in [-0.15, -0.1) is 0 Å². The molecule has 0 unspecified atom stereocenters. The van der Waals surface area contributed by atoms with Crippen molar-refractivity contribution >= 4 is 27.4 Å². The van der Waals surface area contributed by atoms with Gasteiger partial charge in [-0.3, -0.25) is 14.2 Å². The Bertz CT molecular complexity index is 969. The molecule has 0 aliphatic heterocycles. The lowest BCUT2D eigenvalue weighted by atomic mass is 10.1. The zero-order chi connectivity index (χ0) is 17.9. The fourth-order valence-electron chi connectivity index (χ4n) is 2.39. The topological polar surface area (TPSA) is 74.7 Å². The highest BCUT2D eigenvalue weighted by atomic mass is 32.2. The highest BCUT2D eigenvalue weighted by Gasteiger charge is 2.20. The SMILES string of the molecule is O=C(c1ccccc1)N(c1cc[c]cc1)c1ccc(S(=O)(=O)O)cc1. The average Bonchev–Trinajstić information content (AvgIpc) is 2.63. The summed E-state index contributed by atoms with van der Waals surface area (Å²) in [4.78, 5) is 14.2. The van der Waals surface area contributed by atoms with Gasteiger partial charge in [0.2, 0.25) is 0 Å². The third kappa shape index (κ3) is 3.76. The molecule has 0 bridgehead atoms. The summed E-state index contributed by atoms with van der Waals surface area (Å²) in [6, 6.07) is 24.0. The normalized spacial score (nSPS) is 11.1. The number of nitrogens with zero attached hydrogens (tertiary/aromatic N) is 1. The maximum absolute atomic E-state index is 13.0. The van der Waals surface area contributed by atoms with Crippen molar-refractivity contribution in [1.82, 2.24) is 0 Å². The van der Waals surface area contributed by atoms with Crippen molar-refractivity contribution in [2.45, 2.75) is 4.90 Å². The van der Waals surface area contributed by atoms with E-state index in [9.17, 15) is 13.2 Å². The molecule has 3 rings (SSSR count). The van der Waals surface area contributed by atoms with Crippen molar-refractivity contribution in [3.05, 3.63) is 90.5 Å². The zero-order valence-electron chi connectivity index (χ0n) is 13.0. The summed E-state index contributed by atoms with van der Waals surface area (Å²) >= 11 is 0. The van der Waals surface area contributed by atoms with E-state index in [-0.39, 0.29) is 10.8 Å². The predicted octanol–water partition coefficient (Wildman–Crippen LogP) is 3.71. The Kier molecular flexibility index (Phi) is 4.65. The van der Waals surface area contributed by atoms with Crippen LogP contribution in [0.1, 0.15) is 10.4 Å². The fourth-order valence-corrected chi connectivity index (χ4v) is 2.87. The lowest BCUT2D eigenvalue weighted by Crippen LogP contribution is -2.25. The monoisotopic (exact) mass is 352 g/mol. The van der Waals surface area contributed by atoms with Gasteiger partial charge in [0.1, 0.15) is 0 Å². The van der Waals surface area contributed by atoms with Crippen LogP contribution in [0.2, 0.25) is 0 Å². The van der Waals surface area contributed by atoms with Crippen LogP contribution in [-0.4, -0.2) is 18.9 Å². The lowest BCUT2D eigenvalue weighted by Gasteiger charge is -2.23. The van der Waals surface area contributed by atoms with E-state index in [2.05, 4.69) is 6.07 Å². The highest BCUT2D eigenvalue weighted by Crippen LogP contribution is 2.28. The van der Waals surface area contributed by atoms with E-state index in [4.69, 9.17) is 4.55 Å². The van der Waals surface area contributed by atoms with Gasteiger partial charge in [-0.05, 0) is 54.6 Å². The minimum Gasteiger partial charge on any atom is -0.282 e. The highest BCUT2D eigenvalue weighted by molar-refractivity contribution is 7.85. The summed E-state index contributed by atoms with van der Waals surface area (Å²) in [6.07, 6.45) is 0. The van der Waals surface area contributed by atoms with Gasteiger partial charge >= 0.3 is 0 Å². The van der Waals surface area contributed by atoms with Crippen LogP contribution in [0.15, 0.2) is 83.8 Å². The van der Waals surface area contributed by atoms with E-state index in [1.54, 1.807) is 48.5 Å². The Morgan fingerprint density at radius 3 is 1.96 bits per heavy atom. The molecule has 1 N–H and O–H groups in total. The first-order valence-corrected chi connectivity index (χ1v) is 8.84. The van der Waals surface area contributed by atoms with Crippen LogP contribution >= 0.6 is 0 Å². The van der Waals surface area contributed by atoms with Crippen molar-refractivity contribution in [2.24, 2.45) is 0 Å². The lowest BCUT2D eigenvalue weighted by molar-refractivity contribution is 0.0999. The minimum absolute atomic E-state index is 0.232. The summed E-state index contributed by atoms with van der Waals surface area (Å²) < 4.78 is 31.5. The fraction of sp³-hybridized carbons (Fsp3) is 0. The van der Waals surface area contributed by atoms with E-state index in [0.29, 0.717) is 16.9 Å². The molecule has 3 aromatic rings. The molecule has 125 valence electrons. The summed E-state index contributed by atoms with van der Waals surface area (Å²) in [5.41, 5.74) is 1.59. The molecule has 0 aromatic heterocycles. The Balaban J connectivity index is 2.08. The molecule has 0 saturated carbocycles. The van der Waals surface area contributed by atoms with Crippen LogP contribution < -0.4 is 4.90 Å². The number of anilines is 2. The van der Waals surface area contributed by atoms with Crippen molar-refractivity contribution in [1.29, 1.82) is 0 Å². The predicted molar refractivity (Wildman–Crippen MR) is 94.4 cm³/mol. The second-order valence-electron chi connectivity index (χ2n) is 5.23. The molecule has 0 fully saturated rings. The molecule has 25 heavy (non-hydrogen) atoms. The smallest absolute Gasteiger partial charge is 0.282 e. The number of hydrogen-bond acceptors (Lipinski definition) is 3. The van der Waals surface area contributed by atoms with E-state index in [0.717, 1.165) is 0 Å². The first kappa shape index (κ1) is 16.9. The zero-order valence-corrected chi connectivity index (χ0v) is 13.8. The molecule has 5 nitrogen and oxygen atoms in total. The van der Waals surface area contributed by atoms with Gasteiger partial charge < -0.3 is 0 Å². The van der Waals surface area contributed by atoms with Crippen LogP contribution in [0, 0.1) is 6.07 Å². The molecule has 3 aromatic carbocycles. The molecule has 0 aliphatic carbocycles. The largest absolute Gasteiger partial charge is 0.294 e. The number of carbonyl (C=O) groups is 1. The summed E-state index contributed by atoms with van der Waals surface area (Å²) in [5.74, 6) is -0.258. The standard InChI is InChI=1S/C19H14NO4S/c21-19(15-7-3-1-4-8-15)20(16-9-5-2-6-10-16)17-11-13-18(14-12-17)25(22,23)24/h1,3-14H,(H,22,23,24). The molecule has 0 aliphatic rings. The van der Waals surface area contributed by atoms with Crippen molar-refractivity contribution in [2.75, 3.05) is 4.90 Å². The third-order valence-corrected chi connectivity index (χ3v) is 4.44. The number of hydrogen-bond donors (Lipinski definition) is 1.